The molecule has 1 aliphatic rings. The molecule has 3 aromatic rings. The Bertz CT molecular complexity index is 1030. The third-order valence-corrected chi connectivity index (χ3v) is 5.26. The van der Waals surface area contributed by atoms with Crippen molar-refractivity contribution in [2.45, 2.75) is 45.2 Å². The van der Waals surface area contributed by atoms with E-state index >= 15 is 0 Å². The molecular weight excluding hydrogens is 342 g/mol. The molecule has 0 atom stereocenters. The smallest absolute Gasteiger partial charge is 0.326 e. The molecule has 3 heterocycles. The highest BCUT2D eigenvalue weighted by molar-refractivity contribution is 5.93. The van der Waals surface area contributed by atoms with Gasteiger partial charge in [0.25, 0.3) is 5.91 Å². The Balaban J connectivity index is 1.49. The van der Waals surface area contributed by atoms with Crippen molar-refractivity contribution in [3.8, 4) is 0 Å². The number of aromatic nitrogens is 4. The van der Waals surface area contributed by atoms with Gasteiger partial charge in [-0.25, -0.2) is 4.79 Å². The third kappa shape index (κ3) is 3.18. The number of likely N-dealkylation sites (tertiary alicyclic amines) is 1. The molecule has 1 aromatic carbocycles. The predicted octanol–water partition coefficient (Wildman–Crippen LogP) is 2.76. The van der Waals surface area contributed by atoms with Gasteiger partial charge in [-0.05, 0) is 45.7 Å². The molecule has 7 nitrogen and oxygen atoms in total. The summed E-state index contributed by atoms with van der Waals surface area (Å²) < 4.78 is 3.66. The molecule has 1 aliphatic heterocycles. The lowest BCUT2D eigenvalue weighted by atomic mass is 10.0. The monoisotopic (exact) mass is 367 g/mol. The largest absolute Gasteiger partial charge is 0.338 e. The molecule has 0 spiro atoms. The molecule has 7 heteroatoms. The van der Waals surface area contributed by atoms with Crippen molar-refractivity contribution in [1.82, 2.24) is 24.2 Å². The molecule has 1 saturated heterocycles. The van der Waals surface area contributed by atoms with E-state index in [4.69, 9.17) is 0 Å². The minimum Gasteiger partial charge on any atom is -0.338 e. The van der Waals surface area contributed by atoms with Gasteiger partial charge in [-0.1, -0.05) is 12.1 Å². The minimum atomic E-state index is -0.151. The van der Waals surface area contributed by atoms with E-state index in [9.17, 15) is 9.59 Å². The van der Waals surface area contributed by atoms with E-state index in [0.717, 1.165) is 23.9 Å². The van der Waals surface area contributed by atoms with Crippen LogP contribution in [-0.2, 0) is 5.54 Å². The molecular formula is C20H25N5O2. The molecule has 1 fully saturated rings. The number of nitrogens with zero attached hydrogens (tertiary/aromatic N) is 4. The fraction of sp³-hybridized carbons (Fsp3) is 0.450. The molecule has 0 unspecified atom stereocenters. The summed E-state index contributed by atoms with van der Waals surface area (Å²) in [6, 6.07) is 7.85. The van der Waals surface area contributed by atoms with Gasteiger partial charge in [-0.2, -0.15) is 5.10 Å². The Labute approximate surface area is 157 Å². The topological polar surface area (TPSA) is 75.9 Å². The maximum atomic E-state index is 12.8. The standard InChI is InChI=1S/C20H25N5O2/c1-20(2,3)24-13-14(12-21-24)18(26)23-10-8-15(9-11-23)25-17-7-5-4-6-16(17)22-19(25)27/h4-7,12-13,15H,8-11H2,1-3H3,(H,22,27). The Morgan fingerprint density at radius 1 is 1.19 bits per heavy atom. The number of piperidine rings is 1. The number of carbonyl (C=O) groups is 1. The van der Waals surface area contributed by atoms with Crippen LogP contribution in [0.2, 0.25) is 0 Å². The summed E-state index contributed by atoms with van der Waals surface area (Å²) >= 11 is 0. The maximum absolute atomic E-state index is 12.8. The fourth-order valence-electron chi connectivity index (χ4n) is 3.75. The number of carbonyl (C=O) groups excluding carboxylic acids is 1. The van der Waals surface area contributed by atoms with Crippen LogP contribution in [0.3, 0.4) is 0 Å². The average Bonchev–Trinajstić information content (AvgIpc) is 3.25. The van der Waals surface area contributed by atoms with Crippen LogP contribution in [-0.4, -0.2) is 43.2 Å². The lowest BCUT2D eigenvalue weighted by Gasteiger charge is -2.32. The number of aromatic amines is 1. The average molecular weight is 367 g/mol. The number of H-pyrrole nitrogens is 1. The van der Waals surface area contributed by atoms with Crippen LogP contribution >= 0.6 is 0 Å². The van der Waals surface area contributed by atoms with Gasteiger partial charge in [-0.15, -0.1) is 0 Å². The van der Waals surface area contributed by atoms with Gasteiger partial charge in [0.05, 0.1) is 28.3 Å². The Kier molecular flexibility index (Phi) is 4.17. The summed E-state index contributed by atoms with van der Waals surface area (Å²) in [4.78, 5) is 30.0. The summed E-state index contributed by atoms with van der Waals surface area (Å²) in [5.74, 6) is 0.00947. The molecule has 0 aliphatic carbocycles. The molecule has 27 heavy (non-hydrogen) atoms. The zero-order chi connectivity index (χ0) is 19.2. The van der Waals surface area contributed by atoms with E-state index in [-0.39, 0.29) is 23.2 Å². The SMILES string of the molecule is CC(C)(C)n1cc(C(=O)N2CCC(n3c(=O)[nH]c4ccccc43)CC2)cn1. The highest BCUT2D eigenvalue weighted by Crippen LogP contribution is 2.26. The molecule has 142 valence electrons. The number of hydrogen-bond donors (Lipinski definition) is 1. The predicted molar refractivity (Wildman–Crippen MR) is 104 cm³/mol. The van der Waals surface area contributed by atoms with Crippen LogP contribution in [0.4, 0.5) is 0 Å². The van der Waals surface area contributed by atoms with Crippen molar-refractivity contribution in [3.05, 3.63) is 52.7 Å². The van der Waals surface area contributed by atoms with E-state index < -0.39 is 0 Å². The minimum absolute atomic E-state index is 0.00947. The molecule has 0 bridgehead atoms. The number of benzene rings is 1. The highest BCUT2D eigenvalue weighted by Gasteiger charge is 2.27. The second kappa shape index (κ2) is 6.40. The number of fused-ring (bicyclic) bond motifs is 1. The lowest BCUT2D eigenvalue weighted by Crippen LogP contribution is -2.40. The number of nitrogens with one attached hydrogen (secondary N) is 1. The first kappa shape index (κ1) is 17.6. The van der Waals surface area contributed by atoms with Crippen molar-refractivity contribution < 1.29 is 4.79 Å². The van der Waals surface area contributed by atoms with Gasteiger partial charge in [0.2, 0.25) is 0 Å². The van der Waals surface area contributed by atoms with Crippen molar-refractivity contribution in [3.63, 3.8) is 0 Å². The zero-order valence-electron chi connectivity index (χ0n) is 16.0. The number of para-hydroxylation sites is 2. The normalized spacial score (nSPS) is 16.2. The van der Waals surface area contributed by atoms with Crippen molar-refractivity contribution in [2.24, 2.45) is 0 Å². The van der Waals surface area contributed by atoms with Crippen molar-refractivity contribution in [2.75, 3.05) is 13.1 Å². The van der Waals surface area contributed by atoms with Gasteiger partial charge in [0.1, 0.15) is 0 Å². The van der Waals surface area contributed by atoms with E-state index in [1.54, 1.807) is 6.20 Å². The van der Waals surface area contributed by atoms with Crippen molar-refractivity contribution in [1.29, 1.82) is 0 Å². The number of amides is 1. The molecule has 4 rings (SSSR count). The summed E-state index contributed by atoms with van der Waals surface area (Å²) in [5, 5.41) is 4.32. The second-order valence-corrected chi connectivity index (χ2v) is 8.19. The highest BCUT2D eigenvalue weighted by atomic mass is 16.2. The second-order valence-electron chi connectivity index (χ2n) is 8.19. The first-order chi connectivity index (χ1) is 12.8. The van der Waals surface area contributed by atoms with E-state index in [2.05, 4.69) is 30.9 Å². The number of imidazole rings is 1. The van der Waals surface area contributed by atoms with Crippen LogP contribution in [0, 0.1) is 0 Å². The van der Waals surface area contributed by atoms with Gasteiger partial charge < -0.3 is 9.88 Å². The van der Waals surface area contributed by atoms with E-state index in [0.29, 0.717) is 18.7 Å². The number of rotatable bonds is 2. The summed E-state index contributed by atoms with van der Waals surface area (Å²) in [6.45, 7) is 7.43. The maximum Gasteiger partial charge on any atom is 0.326 e. The molecule has 0 radical (unpaired) electrons. The summed E-state index contributed by atoms with van der Waals surface area (Å²) in [7, 11) is 0. The van der Waals surface area contributed by atoms with Crippen LogP contribution in [0.15, 0.2) is 41.5 Å². The van der Waals surface area contributed by atoms with Crippen LogP contribution in [0.25, 0.3) is 11.0 Å². The lowest BCUT2D eigenvalue weighted by molar-refractivity contribution is 0.0695. The molecule has 0 saturated carbocycles. The summed E-state index contributed by atoms with van der Waals surface area (Å²) in [5.41, 5.74) is 2.18. The van der Waals surface area contributed by atoms with E-state index in [1.807, 2.05) is 44.6 Å². The first-order valence-corrected chi connectivity index (χ1v) is 9.38. The van der Waals surface area contributed by atoms with Crippen LogP contribution < -0.4 is 5.69 Å². The van der Waals surface area contributed by atoms with Crippen LogP contribution in [0.1, 0.15) is 50.0 Å². The number of hydrogen-bond acceptors (Lipinski definition) is 3. The molecule has 1 amide bonds. The van der Waals surface area contributed by atoms with Crippen molar-refractivity contribution >= 4 is 16.9 Å². The van der Waals surface area contributed by atoms with E-state index in [1.165, 1.54) is 0 Å². The summed E-state index contributed by atoms with van der Waals surface area (Å²) in [6.07, 6.45) is 4.99. The van der Waals surface area contributed by atoms with Gasteiger partial charge >= 0.3 is 5.69 Å². The fourth-order valence-corrected chi connectivity index (χ4v) is 3.75. The third-order valence-electron chi connectivity index (χ3n) is 5.26. The Hall–Kier alpha value is -2.83. The Morgan fingerprint density at radius 2 is 1.89 bits per heavy atom. The first-order valence-electron chi connectivity index (χ1n) is 9.38. The van der Waals surface area contributed by atoms with Gasteiger partial charge in [-0.3, -0.25) is 14.0 Å². The zero-order valence-corrected chi connectivity index (χ0v) is 16.0. The Morgan fingerprint density at radius 3 is 2.56 bits per heavy atom. The van der Waals surface area contributed by atoms with Crippen LogP contribution in [0.5, 0.6) is 0 Å². The molecule has 2 aromatic heterocycles. The van der Waals surface area contributed by atoms with Gasteiger partial charge in [0.15, 0.2) is 0 Å². The van der Waals surface area contributed by atoms with Gasteiger partial charge in [0, 0.05) is 25.3 Å². The quantitative estimate of drug-likeness (QED) is 0.757. The molecule has 1 N–H and O–H groups in total.